The van der Waals surface area contributed by atoms with Crippen LogP contribution in [-0.2, 0) is 86.3 Å². The zero-order chi connectivity index (χ0) is 77.5. The highest BCUT2D eigenvalue weighted by atomic mass is 16.4. The normalized spacial score (nSPS) is 28.2. The van der Waals surface area contributed by atoms with Crippen molar-refractivity contribution >= 4 is 106 Å². The van der Waals surface area contributed by atoms with E-state index in [4.69, 9.17) is 5.73 Å². The Morgan fingerprint density at radius 2 is 0.367 bits per heavy atom. The average Bonchev–Trinajstić information content (AvgIpc) is 1.70. The van der Waals surface area contributed by atoms with Crippen LogP contribution in [0.1, 0.15) is 154 Å². The lowest BCUT2D eigenvalue weighted by atomic mass is 10.1. The Morgan fingerprint density at radius 1 is 0.220 bits per heavy atom. The Morgan fingerprint density at radius 3 is 0.541 bits per heavy atom. The number of rotatable bonds is 23. The van der Waals surface area contributed by atoms with Gasteiger partial charge in [-0.05, 0) is 154 Å². The standard InChI is InChI=1S/C72H104N18O19/c73-37-55(91)79-25-6-18-48(79)66(102)85-31-1-13-43(85)61(97)74-38-56(92)80-26-7-19-49(80)67(103)86-32-2-14-44(86)62(98)75-39-57(93)81-27-8-20-50(81)68(104)87-33-3-15-45(87)63(99)76-40-58(94)82-28-9-21-51(82)69(105)88-34-4-16-46(88)64(100)77-41-59(95)83-29-10-22-52(83)70(106)89-35-5-17-47(89)65(101)78-42-60(96)84-30-11-23-53(84)71(107)90-36-12-24-54(90)72(108)109/h43-54H,1-42,73H2,(H,74,97)(H,75,98)(H,76,99)(H,77,100)(H,78,101)(H,108,109)/t43-,44-,45-,46-,47-,48-,49-,50-,51-,52-,53-,54-/m0/s1. The van der Waals surface area contributed by atoms with Gasteiger partial charge >= 0.3 is 5.97 Å². The fraction of sp³-hybridized carbons (Fsp3) is 0.750. The minimum Gasteiger partial charge on any atom is -0.480 e. The van der Waals surface area contributed by atoms with Crippen molar-refractivity contribution in [3.05, 3.63) is 0 Å². The zero-order valence-electron chi connectivity index (χ0n) is 61.9. The van der Waals surface area contributed by atoms with Crippen LogP contribution in [0.2, 0.25) is 0 Å². The summed E-state index contributed by atoms with van der Waals surface area (Å²) < 4.78 is 0. The minimum atomic E-state index is -1.10. The molecule has 12 fully saturated rings. The summed E-state index contributed by atoms with van der Waals surface area (Å²) in [6.07, 6.45) is 9.95. The molecule has 12 atom stereocenters. The van der Waals surface area contributed by atoms with E-state index >= 15 is 0 Å². The van der Waals surface area contributed by atoms with Crippen LogP contribution in [0.15, 0.2) is 0 Å². The van der Waals surface area contributed by atoms with Crippen LogP contribution in [0.5, 0.6) is 0 Å². The van der Waals surface area contributed by atoms with Gasteiger partial charge in [-0.15, -0.1) is 0 Å². The number of nitrogens with two attached hydrogens (primary N) is 1. The maximum Gasteiger partial charge on any atom is 0.326 e. The molecule has 37 heteroatoms. The Balaban J connectivity index is 0.561. The Kier molecular flexibility index (Phi) is 25.3. The Hall–Kier alpha value is -9.58. The van der Waals surface area contributed by atoms with Crippen LogP contribution >= 0.6 is 0 Å². The summed E-state index contributed by atoms with van der Waals surface area (Å²) in [6.45, 7) is 0.426. The second kappa shape index (κ2) is 35.0. The van der Waals surface area contributed by atoms with Crippen LogP contribution in [0.4, 0.5) is 0 Å². The summed E-state index contributed by atoms with van der Waals surface area (Å²) in [5, 5.41) is 23.0. The van der Waals surface area contributed by atoms with Gasteiger partial charge in [-0.25, -0.2) is 4.79 Å². The van der Waals surface area contributed by atoms with Crippen molar-refractivity contribution in [3.63, 3.8) is 0 Å². The van der Waals surface area contributed by atoms with Crippen LogP contribution in [-0.4, -0.2) is 361 Å². The van der Waals surface area contributed by atoms with Crippen molar-refractivity contribution in [3.8, 4) is 0 Å². The highest BCUT2D eigenvalue weighted by Gasteiger charge is 2.50. The molecule has 109 heavy (non-hydrogen) atoms. The lowest BCUT2D eigenvalue weighted by molar-refractivity contribution is -0.151. The van der Waals surface area contributed by atoms with Crippen molar-refractivity contribution < 1.29 is 91.4 Å². The number of hydrogen-bond acceptors (Lipinski definition) is 19. The molecule has 17 amide bonds. The summed E-state index contributed by atoms with van der Waals surface area (Å²) in [7, 11) is 0. The molecule has 0 unspecified atom stereocenters. The van der Waals surface area contributed by atoms with Crippen LogP contribution < -0.4 is 32.3 Å². The molecule has 0 bridgehead atoms. The number of carboxylic acids is 1. The van der Waals surface area contributed by atoms with E-state index in [9.17, 15) is 91.4 Å². The molecule has 37 nitrogen and oxygen atoms in total. The van der Waals surface area contributed by atoms with Gasteiger partial charge in [0.2, 0.25) is 100 Å². The van der Waals surface area contributed by atoms with Gasteiger partial charge in [-0.3, -0.25) is 81.5 Å². The summed E-state index contributed by atoms with van der Waals surface area (Å²) >= 11 is 0. The van der Waals surface area contributed by atoms with Gasteiger partial charge in [0.05, 0.1) is 39.3 Å². The van der Waals surface area contributed by atoms with Gasteiger partial charge in [0.25, 0.3) is 0 Å². The smallest absolute Gasteiger partial charge is 0.326 e. The van der Waals surface area contributed by atoms with Gasteiger partial charge < -0.3 is 96.2 Å². The molecule has 0 aliphatic carbocycles. The first-order valence-corrected chi connectivity index (χ1v) is 39.4. The zero-order valence-corrected chi connectivity index (χ0v) is 61.9. The van der Waals surface area contributed by atoms with E-state index in [1.165, 1.54) is 58.8 Å². The number of aliphatic carboxylic acids is 1. The van der Waals surface area contributed by atoms with Crippen molar-refractivity contribution in [2.45, 2.75) is 227 Å². The molecule has 0 aromatic carbocycles. The third kappa shape index (κ3) is 16.8. The molecule has 12 rings (SSSR count). The molecule has 12 aliphatic heterocycles. The molecule has 0 aromatic rings. The van der Waals surface area contributed by atoms with E-state index in [2.05, 4.69) is 26.6 Å². The number of nitrogens with zero attached hydrogens (tertiary/aromatic N) is 12. The fourth-order valence-electron chi connectivity index (χ4n) is 18.9. The predicted molar refractivity (Wildman–Crippen MR) is 379 cm³/mol. The molecule has 0 spiro atoms. The fourth-order valence-corrected chi connectivity index (χ4v) is 18.9. The molecule has 0 aromatic heterocycles. The molecule has 12 aliphatic rings. The van der Waals surface area contributed by atoms with Crippen LogP contribution in [0.25, 0.3) is 0 Å². The lowest BCUT2D eigenvalue weighted by Gasteiger charge is -2.32. The topological polar surface area (TPSA) is 453 Å². The van der Waals surface area contributed by atoms with E-state index < -0.39 is 200 Å². The van der Waals surface area contributed by atoms with Gasteiger partial charge in [-0.1, -0.05) is 0 Å². The lowest BCUT2D eigenvalue weighted by Crippen LogP contribution is -2.57. The number of hydrogen-bond donors (Lipinski definition) is 7. The average molecular weight is 1530 g/mol. The molecule has 12 saturated heterocycles. The van der Waals surface area contributed by atoms with Crippen LogP contribution in [0, 0.1) is 0 Å². The molecule has 596 valence electrons. The van der Waals surface area contributed by atoms with Gasteiger partial charge in [0.1, 0.15) is 72.5 Å². The Bertz CT molecular complexity index is 3610. The molecule has 12 heterocycles. The number of nitrogens with one attached hydrogen (secondary N) is 5. The molecular weight excluding hydrogens is 1420 g/mol. The monoisotopic (exact) mass is 1520 g/mol. The minimum absolute atomic E-state index is 0.196. The molecular formula is C72H104N18O19. The molecule has 8 N–H and O–H groups in total. The number of likely N-dealkylation sites (tertiary alicyclic amines) is 12. The van der Waals surface area contributed by atoms with Gasteiger partial charge in [0, 0.05) is 78.5 Å². The highest BCUT2D eigenvalue weighted by molar-refractivity contribution is 6.01. The SMILES string of the molecule is NCC(=O)N1CCC[C@H]1C(=O)N1CCC[C@H]1C(=O)NCC(=O)N1CCC[C@H]1C(=O)N1CCC[C@H]1C(=O)NCC(=O)N1CCC[C@H]1C(=O)N1CCC[C@H]1C(=O)NCC(=O)N1CCC[C@H]1C(=O)N1CCC[C@H]1C(=O)NCC(=O)N1CCC[C@H]1C(=O)N1CCC[C@H]1C(=O)NCC(=O)N1CCC[C@H]1C(=O)N1CCC[C@H]1C(=O)O. The summed E-state index contributed by atoms with van der Waals surface area (Å²) in [6, 6.07) is -10.9. The van der Waals surface area contributed by atoms with Gasteiger partial charge in [0.15, 0.2) is 0 Å². The van der Waals surface area contributed by atoms with Crippen molar-refractivity contribution in [1.82, 2.24) is 85.4 Å². The van der Waals surface area contributed by atoms with E-state index in [1.807, 2.05) is 0 Å². The van der Waals surface area contributed by atoms with E-state index in [0.717, 1.165) is 0 Å². The second-order valence-electron chi connectivity index (χ2n) is 30.7. The van der Waals surface area contributed by atoms with Crippen molar-refractivity contribution in [1.29, 1.82) is 0 Å². The van der Waals surface area contributed by atoms with E-state index in [1.54, 1.807) is 0 Å². The number of carbonyl (C=O) groups is 18. The third-order valence-electron chi connectivity index (χ3n) is 24.4. The maximum atomic E-state index is 14.4. The van der Waals surface area contributed by atoms with E-state index in [-0.39, 0.29) is 103 Å². The first kappa shape index (κ1) is 79.0. The van der Waals surface area contributed by atoms with Crippen molar-refractivity contribution in [2.75, 3.05) is 118 Å². The molecule has 0 saturated carbocycles. The number of carbonyl (C=O) groups excluding carboxylic acids is 17. The number of amides is 17. The largest absolute Gasteiger partial charge is 0.480 e. The first-order valence-electron chi connectivity index (χ1n) is 39.4. The Labute approximate surface area is 630 Å². The van der Waals surface area contributed by atoms with Gasteiger partial charge in [-0.2, -0.15) is 0 Å². The quantitative estimate of drug-likeness (QED) is 0.0502. The predicted octanol–water partition coefficient (Wildman–Crippen LogP) is -5.50. The summed E-state index contributed by atoms with van der Waals surface area (Å²) in [4.78, 5) is 263. The number of carboxylic acid groups (broad SMARTS) is 1. The van der Waals surface area contributed by atoms with Crippen molar-refractivity contribution in [2.24, 2.45) is 5.73 Å². The summed E-state index contributed by atoms with van der Waals surface area (Å²) in [5.41, 5.74) is 5.58. The first-order chi connectivity index (χ1) is 52.5. The van der Waals surface area contributed by atoms with E-state index in [0.29, 0.717) is 148 Å². The summed E-state index contributed by atoms with van der Waals surface area (Å²) in [5.74, 6) is -9.53. The second-order valence-corrected chi connectivity index (χ2v) is 30.7. The van der Waals surface area contributed by atoms with Crippen LogP contribution in [0.3, 0.4) is 0 Å². The third-order valence-corrected chi connectivity index (χ3v) is 24.4. The maximum absolute atomic E-state index is 14.4. The highest BCUT2D eigenvalue weighted by Crippen LogP contribution is 2.33. The molecule has 0 radical (unpaired) electrons.